The molecule has 3 aliphatic rings. The van der Waals surface area contributed by atoms with Crippen molar-refractivity contribution in [2.45, 2.75) is 58.2 Å². The predicted molar refractivity (Wildman–Crippen MR) is 147 cm³/mol. The maximum atomic E-state index is 13.2. The van der Waals surface area contributed by atoms with Crippen molar-refractivity contribution in [2.75, 3.05) is 59.6 Å². The number of benzene rings is 1. The lowest BCUT2D eigenvalue weighted by atomic mass is 9.46. The predicted octanol–water partition coefficient (Wildman–Crippen LogP) is 3.06. The third-order valence-corrected chi connectivity index (χ3v) is 9.59. The smallest absolute Gasteiger partial charge is 0.411 e. The minimum Gasteiger partial charge on any atom is -0.493 e. The highest BCUT2D eigenvalue weighted by Crippen LogP contribution is 2.61. The quantitative estimate of drug-likeness (QED) is 0.435. The van der Waals surface area contributed by atoms with Crippen LogP contribution in [0.5, 0.6) is 17.2 Å². The molecule has 1 aliphatic heterocycles. The third-order valence-electron chi connectivity index (χ3n) is 9.59. The Morgan fingerprint density at radius 1 is 1.05 bits per heavy atom. The number of nitrogens with one attached hydrogen (secondary N) is 1. The van der Waals surface area contributed by atoms with Crippen molar-refractivity contribution in [1.29, 1.82) is 0 Å². The van der Waals surface area contributed by atoms with E-state index < -0.39 is 29.1 Å². The molecular weight excluding hydrogens is 520 g/mol. The lowest BCUT2D eigenvalue weighted by Crippen LogP contribution is -2.61. The van der Waals surface area contributed by atoms with Crippen LogP contribution in [0.2, 0.25) is 0 Å². The minimum absolute atomic E-state index is 0.0306. The molecule has 3 fully saturated rings. The lowest BCUT2D eigenvalue weighted by molar-refractivity contribution is -0.187. The first kappa shape index (κ1) is 30.2. The number of ether oxygens (including phenoxy) is 5. The molecule has 6 unspecified atom stereocenters. The molecule has 1 aromatic carbocycles. The van der Waals surface area contributed by atoms with Crippen LogP contribution in [0.3, 0.4) is 0 Å². The zero-order valence-corrected chi connectivity index (χ0v) is 24.2. The summed E-state index contributed by atoms with van der Waals surface area (Å²) in [5, 5.41) is 24.5. The van der Waals surface area contributed by atoms with Gasteiger partial charge in [-0.3, -0.25) is 10.1 Å². The molecule has 1 heterocycles. The molecule has 0 spiro atoms. The zero-order valence-electron chi connectivity index (χ0n) is 24.2. The molecule has 11 nitrogen and oxygen atoms in total. The van der Waals surface area contributed by atoms with E-state index in [1.54, 1.807) is 12.1 Å². The molecule has 40 heavy (non-hydrogen) atoms. The van der Waals surface area contributed by atoms with Gasteiger partial charge in [-0.2, -0.15) is 0 Å². The van der Waals surface area contributed by atoms with Crippen LogP contribution in [0, 0.1) is 22.7 Å². The maximum Gasteiger partial charge on any atom is 0.411 e. The van der Waals surface area contributed by atoms with Gasteiger partial charge in [-0.25, -0.2) is 4.79 Å². The van der Waals surface area contributed by atoms with Crippen molar-refractivity contribution in [3.05, 3.63) is 12.1 Å². The van der Waals surface area contributed by atoms with E-state index in [0.717, 1.165) is 0 Å². The van der Waals surface area contributed by atoms with Crippen LogP contribution in [0.4, 0.5) is 10.5 Å². The minimum atomic E-state index is -0.750. The second-order valence-corrected chi connectivity index (χ2v) is 11.6. The number of fused-ring (bicyclic) bond motifs is 1. The first-order valence-electron chi connectivity index (χ1n) is 14.0. The number of nitrogens with zero attached hydrogens (tertiary/aromatic N) is 1. The van der Waals surface area contributed by atoms with Gasteiger partial charge >= 0.3 is 6.09 Å². The highest BCUT2D eigenvalue weighted by Gasteiger charge is 2.60. The molecule has 0 radical (unpaired) electrons. The van der Waals surface area contributed by atoms with E-state index in [1.807, 2.05) is 11.8 Å². The number of morpholine rings is 1. The van der Waals surface area contributed by atoms with Crippen LogP contribution in [0.25, 0.3) is 0 Å². The van der Waals surface area contributed by atoms with Gasteiger partial charge in [0.2, 0.25) is 11.7 Å². The summed E-state index contributed by atoms with van der Waals surface area (Å²) in [5.74, 6) is 0.922. The fourth-order valence-electron chi connectivity index (χ4n) is 7.34. The van der Waals surface area contributed by atoms with Crippen molar-refractivity contribution >= 4 is 17.7 Å². The molecule has 11 heteroatoms. The van der Waals surface area contributed by atoms with Crippen molar-refractivity contribution in [2.24, 2.45) is 22.7 Å². The normalized spacial score (nSPS) is 32.0. The van der Waals surface area contributed by atoms with Gasteiger partial charge in [0.1, 0.15) is 6.10 Å². The second-order valence-electron chi connectivity index (χ2n) is 11.6. The number of aliphatic hydroxyl groups is 2. The molecule has 224 valence electrons. The summed E-state index contributed by atoms with van der Waals surface area (Å²) in [4.78, 5) is 28.1. The summed E-state index contributed by atoms with van der Waals surface area (Å²) in [5.41, 5.74) is -0.738. The van der Waals surface area contributed by atoms with Crippen LogP contribution in [0.15, 0.2) is 12.1 Å². The van der Waals surface area contributed by atoms with E-state index in [-0.39, 0.29) is 30.8 Å². The SMILES string of the molecule is COc1cc(NC(=O)OC2CCC3(C)C(CC(=O)N4CCOCC4)C(O)CCC3C2(C)CO)cc(OC)c1OC. The fraction of sp³-hybridized carbons (Fsp3) is 0.724. The van der Waals surface area contributed by atoms with Gasteiger partial charge in [-0.15, -0.1) is 0 Å². The first-order valence-corrected chi connectivity index (χ1v) is 14.0. The summed E-state index contributed by atoms with van der Waals surface area (Å²) >= 11 is 0. The van der Waals surface area contributed by atoms with Gasteiger partial charge in [0.15, 0.2) is 11.5 Å². The Morgan fingerprint density at radius 2 is 1.70 bits per heavy atom. The highest BCUT2D eigenvalue weighted by molar-refractivity contribution is 5.86. The molecule has 1 saturated heterocycles. The number of hydrogen-bond acceptors (Lipinski definition) is 9. The van der Waals surface area contributed by atoms with E-state index >= 15 is 0 Å². The Kier molecular flexibility index (Phi) is 9.36. The average molecular weight is 565 g/mol. The third kappa shape index (κ3) is 5.69. The lowest BCUT2D eigenvalue weighted by Gasteiger charge is -2.60. The number of anilines is 1. The van der Waals surface area contributed by atoms with Gasteiger partial charge in [-0.05, 0) is 42.9 Å². The summed E-state index contributed by atoms with van der Waals surface area (Å²) < 4.78 is 27.4. The van der Waals surface area contributed by atoms with Crippen LogP contribution < -0.4 is 19.5 Å². The molecule has 1 aromatic rings. The van der Waals surface area contributed by atoms with Crippen molar-refractivity contribution in [1.82, 2.24) is 4.90 Å². The number of carbonyl (C=O) groups excluding carboxylic acids is 2. The molecule has 0 bridgehead atoms. The summed E-state index contributed by atoms with van der Waals surface area (Å²) in [7, 11) is 4.49. The fourth-order valence-corrected chi connectivity index (χ4v) is 7.34. The Labute approximate surface area is 236 Å². The van der Waals surface area contributed by atoms with E-state index in [0.29, 0.717) is 74.9 Å². The van der Waals surface area contributed by atoms with Gasteiger partial charge in [0.25, 0.3) is 0 Å². The number of amides is 2. The molecule has 2 saturated carbocycles. The van der Waals surface area contributed by atoms with Crippen molar-refractivity contribution < 1.29 is 43.5 Å². The van der Waals surface area contributed by atoms with Gasteiger partial charge in [0, 0.05) is 37.1 Å². The monoisotopic (exact) mass is 564 g/mol. The molecular formula is C29H44N2O9. The van der Waals surface area contributed by atoms with Crippen molar-refractivity contribution in [3.8, 4) is 17.2 Å². The molecule has 6 atom stereocenters. The Hall–Kier alpha value is -2.76. The molecule has 2 aliphatic carbocycles. The van der Waals surface area contributed by atoms with Crippen LogP contribution >= 0.6 is 0 Å². The topological polar surface area (TPSA) is 136 Å². The van der Waals surface area contributed by atoms with Crippen LogP contribution in [0.1, 0.15) is 46.0 Å². The summed E-state index contributed by atoms with van der Waals surface area (Å²) in [6.45, 7) is 6.06. The summed E-state index contributed by atoms with van der Waals surface area (Å²) in [6.07, 6.45) is 0.806. The Bertz CT molecular complexity index is 1040. The molecule has 4 rings (SSSR count). The number of methoxy groups -OCH3 is 3. The molecule has 0 aromatic heterocycles. The van der Waals surface area contributed by atoms with Gasteiger partial charge < -0.3 is 38.8 Å². The standard InChI is InChI=1S/C29H44N2O9/c1-28-9-8-24(40-27(35)30-18-14-21(36-3)26(38-5)22(15-18)37-4)29(2,17-32)23(28)7-6-20(33)19(28)16-25(34)31-10-12-39-13-11-31/h14-15,19-20,23-24,32-33H,6-13,16-17H2,1-5H3,(H,30,35). The first-order chi connectivity index (χ1) is 19.1. The zero-order chi connectivity index (χ0) is 29.1. The molecule has 3 N–H and O–H groups in total. The summed E-state index contributed by atoms with van der Waals surface area (Å²) in [6, 6.07) is 3.23. The van der Waals surface area contributed by atoms with E-state index in [1.165, 1.54) is 21.3 Å². The Morgan fingerprint density at radius 3 is 2.27 bits per heavy atom. The number of rotatable bonds is 8. The molecule has 2 amide bonds. The van der Waals surface area contributed by atoms with E-state index in [9.17, 15) is 19.8 Å². The number of hydrogen-bond donors (Lipinski definition) is 3. The number of carbonyl (C=O) groups is 2. The van der Waals surface area contributed by atoms with E-state index in [2.05, 4.69) is 12.2 Å². The average Bonchev–Trinajstić information content (AvgIpc) is 2.96. The number of aliphatic hydroxyl groups excluding tert-OH is 2. The largest absolute Gasteiger partial charge is 0.493 e. The van der Waals surface area contributed by atoms with Gasteiger partial charge in [0.05, 0.1) is 52.9 Å². The van der Waals surface area contributed by atoms with Crippen LogP contribution in [-0.4, -0.2) is 93.6 Å². The highest BCUT2D eigenvalue weighted by atomic mass is 16.6. The van der Waals surface area contributed by atoms with Crippen LogP contribution in [-0.2, 0) is 14.3 Å². The van der Waals surface area contributed by atoms with Crippen molar-refractivity contribution in [3.63, 3.8) is 0 Å². The van der Waals surface area contributed by atoms with Gasteiger partial charge in [-0.1, -0.05) is 13.8 Å². The second kappa shape index (κ2) is 12.4. The Balaban J connectivity index is 1.50. The maximum absolute atomic E-state index is 13.2. The van der Waals surface area contributed by atoms with E-state index in [4.69, 9.17) is 23.7 Å².